The summed E-state index contributed by atoms with van der Waals surface area (Å²) >= 11 is 0. The molecule has 0 amide bonds. The van der Waals surface area contributed by atoms with Gasteiger partial charge in [-0.25, -0.2) is 0 Å². The third-order valence-electron chi connectivity index (χ3n) is 1.77. The van der Waals surface area contributed by atoms with Gasteiger partial charge >= 0.3 is 5.88 Å². The van der Waals surface area contributed by atoms with Crippen molar-refractivity contribution in [1.82, 2.24) is 0 Å². The molecule has 0 atom stereocenters. The summed E-state index contributed by atoms with van der Waals surface area (Å²) in [5, 5.41) is 27.0. The Bertz CT molecular complexity index is 339. The van der Waals surface area contributed by atoms with Crippen molar-refractivity contribution in [2.45, 2.75) is 6.42 Å². The van der Waals surface area contributed by atoms with Crippen LogP contribution >= 0.6 is 0 Å². The van der Waals surface area contributed by atoms with E-state index in [2.05, 4.69) is 0 Å². The van der Waals surface area contributed by atoms with Crippen LogP contribution in [0.25, 0.3) is 0 Å². The van der Waals surface area contributed by atoms with Gasteiger partial charge in [-0.2, -0.15) is 0 Å². The average molecular weight is 196 g/mol. The predicted octanol–water partition coefficient (Wildman–Crippen LogP) is -0.117. The van der Waals surface area contributed by atoms with Crippen molar-refractivity contribution in [3.8, 4) is 5.88 Å². The summed E-state index contributed by atoms with van der Waals surface area (Å²) in [4.78, 5) is 0. The number of nitrogens with zero attached hydrogens (tertiary/aromatic N) is 1. The van der Waals surface area contributed by atoms with Crippen molar-refractivity contribution < 1.29 is 14.6 Å². The van der Waals surface area contributed by atoms with Crippen LogP contribution < -0.4 is 9.47 Å². The second-order valence-electron chi connectivity index (χ2n) is 2.84. The second-order valence-corrected chi connectivity index (χ2v) is 2.84. The Morgan fingerprint density at radius 1 is 1.71 bits per heavy atom. The van der Waals surface area contributed by atoms with E-state index >= 15 is 0 Å². The molecule has 0 saturated carbocycles. The molecule has 5 heteroatoms. The minimum absolute atomic E-state index is 0.188. The lowest BCUT2D eigenvalue weighted by molar-refractivity contribution is -0.612. The number of aromatic nitrogens is 1. The van der Waals surface area contributed by atoms with E-state index in [1.54, 1.807) is 12.1 Å². The Hall–Kier alpha value is -1.62. The van der Waals surface area contributed by atoms with E-state index in [4.69, 9.17) is 15.3 Å². The number of aliphatic hydroxyl groups is 1. The zero-order chi connectivity index (χ0) is 10.6. The highest BCUT2D eigenvalue weighted by Gasteiger charge is 2.07. The average Bonchev–Trinajstić information content (AvgIpc) is 2.20. The molecule has 1 aromatic heterocycles. The van der Waals surface area contributed by atoms with Crippen LogP contribution in [0.5, 0.6) is 5.88 Å². The summed E-state index contributed by atoms with van der Waals surface area (Å²) in [6.45, 7) is -0.269. The fraction of sp³-hybridized carbons (Fsp3) is 0.333. The molecule has 0 aromatic carbocycles. The van der Waals surface area contributed by atoms with Gasteiger partial charge in [-0.15, -0.1) is 4.73 Å². The van der Waals surface area contributed by atoms with Crippen molar-refractivity contribution in [1.29, 1.82) is 5.41 Å². The van der Waals surface area contributed by atoms with Crippen molar-refractivity contribution >= 4 is 5.71 Å². The normalized spacial score (nSPS) is 9.86. The van der Waals surface area contributed by atoms with Gasteiger partial charge in [0.1, 0.15) is 0 Å². The van der Waals surface area contributed by atoms with Gasteiger partial charge in [0.25, 0.3) is 0 Å². The summed E-state index contributed by atoms with van der Waals surface area (Å²) < 4.78 is 5.42. The predicted molar refractivity (Wildman–Crippen MR) is 50.5 cm³/mol. The summed E-state index contributed by atoms with van der Waals surface area (Å²) in [6, 6.07) is 3.15. The third-order valence-corrected chi connectivity index (χ3v) is 1.77. The van der Waals surface area contributed by atoms with Gasteiger partial charge in [0, 0.05) is 18.2 Å². The smallest absolute Gasteiger partial charge is 0.379 e. The summed E-state index contributed by atoms with van der Waals surface area (Å²) in [5.41, 5.74) is 0.976. The molecule has 76 valence electrons. The largest absolute Gasteiger partial charge is 0.616 e. The molecule has 0 fully saturated rings. The Kier molecular flexibility index (Phi) is 3.41. The van der Waals surface area contributed by atoms with Crippen LogP contribution in [0.15, 0.2) is 18.3 Å². The molecular weight excluding hydrogens is 184 g/mol. The Morgan fingerprint density at radius 2 is 2.43 bits per heavy atom. The van der Waals surface area contributed by atoms with Gasteiger partial charge in [-0.05, 0) is 5.56 Å². The molecule has 0 saturated heterocycles. The fourth-order valence-corrected chi connectivity index (χ4v) is 1.07. The van der Waals surface area contributed by atoms with Crippen molar-refractivity contribution in [2.75, 3.05) is 13.7 Å². The minimum Gasteiger partial charge on any atom is -0.616 e. The van der Waals surface area contributed by atoms with Crippen molar-refractivity contribution in [3.63, 3.8) is 0 Å². The Morgan fingerprint density at radius 3 is 3.00 bits per heavy atom. The summed E-state index contributed by atoms with van der Waals surface area (Å²) in [6.07, 6.45) is 1.65. The van der Waals surface area contributed by atoms with Crippen molar-refractivity contribution in [2.24, 2.45) is 0 Å². The molecule has 5 nitrogen and oxygen atoms in total. The maximum Gasteiger partial charge on any atom is 0.379 e. The zero-order valence-electron chi connectivity index (χ0n) is 7.86. The SMILES string of the molecule is COc1cc(CC(=N)CO)cc[n+]1[O-]. The minimum atomic E-state index is -0.269. The first-order valence-electron chi connectivity index (χ1n) is 4.10. The van der Waals surface area contributed by atoms with Crippen LogP contribution in [0.1, 0.15) is 5.56 Å². The third kappa shape index (κ3) is 2.43. The molecule has 0 radical (unpaired) electrons. The lowest BCUT2D eigenvalue weighted by atomic mass is 10.1. The quantitative estimate of drug-likeness (QED) is 0.400. The van der Waals surface area contributed by atoms with Crippen LogP contribution in [-0.2, 0) is 6.42 Å². The van der Waals surface area contributed by atoms with Crippen LogP contribution in [0.2, 0.25) is 0 Å². The Balaban J connectivity index is 2.84. The molecular formula is C9H12N2O3. The fourth-order valence-electron chi connectivity index (χ4n) is 1.07. The summed E-state index contributed by atoms with van der Waals surface area (Å²) in [7, 11) is 1.41. The molecule has 0 spiro atoms. The topological polar surface area (TPSA) is 80.2 Å². The van der Waals surface area contributed by atoms with E-state index < -0.39 is 0 Å². The monoisotopic (exact) mass is 196 g/mol. The molecule has 1 aromatic rings. The molecule has 1 heterocycles. The van der Waals surface area contributed by atoms with E-state index in [1.807, 2.05) is 0 Å². The molecule has 0 unspecified atom stereocenters. The molecule has 0 bridgehead atoms. The van der Waals surface area contributed by atoms with Crippen LogP contribution in [-0.4, -0.2) is 24.5 Å². The maximum atomic E-state index is 11.0. The van der Waals surface area contributed by atoms with Gasteiger partial charge in [-0.3, -0.25) is 0 Å². The van der Waals surface area contributed by atoms with Crippen LogP contribution in [0.3, 0.4) is 0 Å². The highest BCUT2D eigenvalue weighted by atomic mass is 16.5. The number of hydrogen-bond acceptors (Lipinski definition) is 4. The first-order valence-corrected chi connectivity index (χ1v) is 4.10. The number of nitrogens with one attached hydrogen (secondary N) is 1. The molecule has 1 rings (SSSR count). The van der Waals surface area contributed by atoms with Crippen molar-refractivity contribution in [3.05, 3.63) is 29.1 Å². The van der Waals surface area contributed by atoms with Gasteiger partial charge in [0.15, 0.2) is 6.20 Å². The molecule has 0 aliphatic rings. The lowest BCUT2D eigenvalue weighted by Gasteiger charge is -2.04. The maximum absolute atomic E-state index is 11.0. The van der Waals surface area contributed by atoms with E-state index in [9.17, 15) is 5.21 Å². The van der Waals surface area contributed by atoms with E-state index in [1.165, 1.54) is 13.3 Å². The first-order chi connectivity index (χ1) is 6.67. The number of methoxy groups -OCH3 is 1. The number of aliphatic hydroxyl groups excluding tert-OH is 1. The molecule has 0 aliphatic heterocycles. The van der Waals surface area contributed by atoms with E-state index in [-0.39, 0.29) is 18.2 Å². The number of hydrogen-bond donors (Lipinski definition) is 2. The number of pyridine rings is 1. The van der Waals surface area contributed by atoms with Crippen LogP contribution in [0, 0.1) is 10.6 Å². The van der Waals surface area contributed by atoms with Gasteiger partial charge in [0.05, 0.1) is 19.8 Å². The zero-order valence-corrected chi connectivity index (χ0v) is 7.86. The lowest BCUT2D eigenvalue weighted by Crippen LogP contribution is -2.28. The van der Waals surface area contributed by atoms with Crippen LogP contribution in [0.4, 0.5) is 0 Å². The highest BCUT2D eigenvalue weighted by molar-refractivity contribution is 5.84. The Labute approximate surface area is 81.7 Å². The van der Waals surface area contributed by atoms with Gasteiger partial charge < -0.3 is 20.5 Å². The number of rotatable bonds is 4. The highest BCUT2D eigenvalue weighted by Crippen LogP contribution is 2.07. The molecule has 0 aliphatic carbocycles. The molecule has 2 N–H and O–H groups in total. The standard InChI is InChI=1S/C9H12N2O3/c1-14-9-5-7(2-3-11(9)13)4-8(10)6-12/h2-3,5,10,12H,4,6H2,1H3. The molecule has 14 heavy (non-hydrogen) atoms. The first kappa shape index (κ1) is 10.5. The van der Waals surface area contributed by atoms with Gasteiger partial charge in [-0.1, -0.05) is 0 Å². The van der Waals surface area contributed by atoms with E-state index in [0.29, 0.717) is 11.2 Å². The summed E-state index contributed by atoms with van der Waals surface area (Å²) in [5.74, 6) is 0.188. The van der Waals surface area contributed by atoms with E-state index in [0.717, 1.165) is 5.56 Å². The number of ether oxygens (including phenoxy) is 1. The van der Waals surface area contributed by atoms with Gasteiger partial charge in [0.2, 0.25) is 0 Å². The second kappa shape index (κ2) is 4.57.